The second-order valence-corrected chi connectivity index (χ2v) is 15.0. The van der Waals surface area contributed by atoms with Gasteiger partial charge in [0, 0.05) is 150 Å². The molecule has 0 saturated carbocycles. The van der Waals surface area contributed by atoms with E-state index in [2.05, 4.69) is 26.6 Å². The van der Waals surface area contributed by atoms with E-state index in [-0.39, 0.29) is 13.1 Å². The lowest BCUT2D eigenvalue weighted by atomic mass is 10.4. The van der Waals surface area contributed by atoms with Crippen LogP contribution in [0.5, 0.6) is 0 Å². The van der Waals surface area contributed by atoms with E-state index in [1.165, 1.54) is 0 Å². The summed E-state index contributed by atoms with van der Waals surface area (Å²) in [5.41, 5.74) is -5.53. The number of alkyl halides is 3. The molecule has 32 heteroatoms. The van der Waals surface area contributed by atoms with E-state index < -0.39 is 65.7 Å². The zero-order chi connectivity index (χ0) is 57.5. The molecule has 0 aliphatic carbocycles. The molecule has 73 heavy (non-hydrogen) atoms. The van der Waals surface area contributed by atoms with Crippen LogP contribution in [0, 0.1) is 0 Å². The van der Waals surface area contributed by atoms with Gasteiger partial charge in [0.1, 0.15) is 0 Å². The Balaban J connectivity index is -0.000000144. The number of carboxylic acid groups (broad SMARTS) is 4. The molecule has 0 unspecified atom stereocenters. The lowest BCUT2D eigenvalue weighted by Crippen LogP contribution is -2.43. The van der Waals surface area contributed by atoms with Crippen molar-refractivity contribution in [2.75, 3.05) is 242 Å². The van der Waals surface area contributed by atoms with Crippen molar-refractivity contribution in [3.63, 3.8) is 0 Å². The van der Waals surface area contributed by atoms with E-state index in [9.17, 15) is 32.3 Å². The van der Waals surface area contributed by atoms with Crippen LogP contribution < -0.4 is 26.6 Å². The predicted molar refractivity (Wildman–Crippen MR) is 264 cm³/mol. The number of aliphatic carboxylic acids is 4. The van der Waals surface area contributed by atoms with E-state index in [0.29, 0.717) is 0 Å². The molecule has 0 aliphatic heterocycles. The first-order valence-electron chi connectivity index (χ1n) is 22.3. The van der Waals surface area contributed by atoms with Gasteiger partial charge in [0.2, 0.25) is 0 Å². The summed E-state index contributed by atoms with van der Waals surface area (Å²) in [6.45, 7) is 14.5. The number of rotatable bonds is 41. The molecule has 444 valence electrons. The molecule has 0 atom stereocenters. The minimum absolute atomic E-state index is 0.0703. The SMILES string of the molecule is COCCNCCOC.COCCNCCOC.COCCNCCOC.COCCNCCOC.COCCNCCOC.O=C(O)CN(CCN(CC(=O)O)CC(=O)O)CC(=O)O.O=S(=O)(O)C(F)(F)F. The first-order valence-corrected chi connectivity index (χ1v) is 23.8. The summed E-state index contributed by atoms with van der Waals surface area (Å²) in [4.78, 5) is 44.4. The molecule has 0 bridgehead atoms. The number of carboxylic acids is 4. The molecule has 0 aromatic carbocycles. The van der Waals surface area contributed by atoms with Gasteiger partial charge >= 0.3 is 39.5 Å². The summed E-state index contributed by atoms with van der Waals surface area (Å²) < 4.78 is 106. The molecule has 0 aromatic rings. The number of carbonyl (C=O) groups is 4. The van der Waals surface area contributed by atoms with E-state index in [0.717, 1.165) is 141 Å². The molecule has 0 spiro atoms. The predicted octanol–water partition coefficient (Wildman–Crippen LogP) is -2.33. The van der Waals surface area contributed by atoms with Crippen LogP contribution in [0.3, 0.4) is 0 Å². The van der Waals surface area contributed by atoms with Crippen LogP contribution in [0.25, 0.3) is 0 Å². The minimum Gasteiger partial charge on any atom is -0.480 e. The first kappa shape index (κ1) is 83.9. The van der Waals surface area contributed by atoms with Crippen molar-refractivity contribution in [1.82, 2.24) is 36.4 Å². The number of halogens is 3. The topological polar surface area (TPSA) is 362 Å². The summed E-state index contributed by atoms with van der Waals surface area (Å²) in [6.07, 6.45) is 0. The molecule has 0 aromatic heterocycles. The fourth-order valence-electron chi connectivity index (χ4n) is 3.84. The van der Waals surface area contributed by atoms with Crippen LogP contribution in [-0.4, -0.2) is 314 Å². The quantitative estimate of drug-likeness (QED) is 0.0174. The molecule has 28 nitrogen and oxygen atoms in total. The highest BCUT2D eigenvalue weighted by atomic mass is 32.2. The van der Waals surface area contributed by atoms with Crippen LogP contribution in [0.15, 0.2) is 0 Å². The zero-order valence-electron chi connectivity index (χ0n) is 44.6. The highest BCUT2D eigenvalue weighted by Gasteiger charge is 2.44. The van der Waals surface area contributed by atoms with Crippen LogP contribution in [0.1, 0.15) is 0 Å². The number of methoxy groups -OCH3 is 10. The third-order valence-corrected chi connectivity index (χ3v) is 7.88. The third-order valence-electron chi connectivity index (χ3n) is 7.29. The Bertz CT molecular complexity index is 1090. The lowest BCUT2D eigenvalue weighted by molar-refractivity contribution is -0.145. The van der Waals surface area contributed by atoms with E-state index >= 15 is 0 Å². The Morgan fingerprint density at radius 1 is 0.370 bits per heavy atom. The average molecular weight is 1110 g/mol. The Labute approximate surface area is 430 Å². The molecule has 10 N–H and O–H groups in total. The fraction of sp³-hybridized carbons (Fsp3) is 0.902. The average Bonchev–Trinajstić information content (AvgIpc) is 3.30. The van der Waals surface area contributed by atoms with Crippen molar-refractivity contribution in [2.24, 2.45) is 0 Å². The van der Waals surface area contributed by atoms with E-state index in [1.807, 2.05) is 0 Å². The van der Waals surface area contributed by atoms with Gasteiger partial charge in [-0.25, -0.2) is 0 Å². The second-order valence-electron chi connectivity index (χ2n) is 13.6. The number of nitrogens with one attached hydrogen (secondary N) is 5. The molecule has 0 rings (SSSR count). The third kappa shape index (κ3) is 95.2. The van der Waals surface area contributed by atoms with Gasteiger partial charge < -0.3 is 94.4 Å². The van der Waals surface area contributed by atoms with Gasteiger partial charge in [-0.15, -0.1) is 0 Å². The Morgan fingerprint density at radius 2 is 0.493 bits per heavy atom. The standard InChI is InChI=1S/C10H16N2O8.5C6H15NO2.CHF3O3S/c13-7(14)3-11(4-8(15)16)1-2-12(5-9(17)18)6-10(19)20;5*1-8-5-3-7-4-6-9-2;2-1(3,4)8(5,6)7/h1-6H2,(H,13,14)(H,15,16)(H,17,18)(H,19,20);5*7H,3-6H2,1-2H3;(H,5,6,7). The van der Waals surface area contributed by atoms with Gasteiger partial charge in [-0.2, -0.15) is 21.6 Å². The van der Waals surface area contributed by atoms with Crippen molar-refractivity contribution in [3.05, 3.63) is 0 Å². The molecule has 0 fully saturated rings. The lowest BCUT2D eigenvalue weighted by Gasteiger charge is -2.23. The second kappa shape index (κ2) is 68.9. The van der Waals surface area contributed by atoms with Gasteiger partial charge in [-0.1, -0.05) is 0 Å². The summed E-state index contributed by atoms with van der Waals surface area (Å²) in [6, 6.07) is 0. The molecule has 0 radical (unpaired) electrons. The molecular formula is C41H92F3N7O21S. The van der Waals surface area contributed by atoms with Gasteiger partial charge in [-0.3, -0.25) is 33.5 Å². The maximum Gasteiger partial charge on any atom is 0.522 e. The summed E-state index contributed by atoms with van der Waals surface area (Å²) in [5.74, 6) is -4.91. The van der Waals surface area contributed by atoms with E-state index in [1.54, 1.807) is 71.1 Å². The van der Waals surface area contributed by atoms with Gasteiger partial charge in [0.05, 0.1) is 92.2 Å². The molecule has 0 aliphatic rings. The van der Waals surface area contributed by atoms with Gasteiger partial charge in [-0.05, 0) is 0 Å². The minimum atomic E-state index is -5.84. The first-order chi connectivity index (χ1) is 34.5. The van der Waals surface area contributed by atoms with Crippen molar-refractivity contribution in [3.8, 4) is 0 Å². The Morgan fingerprint density at radius 3 is 0.575 bits per heavy atom. The number of ether oxygens (including phenoxy) is 10. The van der Waals surface area contributed by atoms with Crippen LogP contribution in [0.4, 0.5) is 13.2 Å². The number of hydrogen-bond donors (Lipinski definition) is 10. The normalized spacial score (nSPS) is 10.6. The van der Waals surface area contributed by atoms with Gasteiger partial charge in [0.15, 0.2) is 0 Å². The molecule has 0 saturated heterocycles. The highest BCUT2D eigenvalue weighted by molar-refractivity contribution is 7.86. The van der Waals surface area contributed by atoms with Crippen LogP contribution in [-0.2, 0) is 76.7 Å². The van der Waals surface area contributed by atoms with Crippen molar-refractivity contribution >= 4 is 34.0 Å². The van der Waals surface area contributed by atoms with Crippen molar-refractivity contribution in [1.29, 1.82) is 0 Å². The number of hydrogen-bond acceptors (Lipinski definition) is 23. The van der Waals surface area contributed by atoms with Crippen LogP contribution in [0.2, 0.25) is 0 Å². The largest absolute Gasteiger partial charge is 0.522 e. The Kier molecular flexibility index (Phi) is 79.2. The van der Waals surface area contributed by atoms with Crippen molar-refractivity contribution in [2.45, 2.75) is 5.51 Å². The van der Waals surface area contributed by atoms with E-state index in [4.69, 9.17) is 80.8 Å². The maximum absolute atomic E-state index is 10.7. The highest BCUT2D eigenvalue weighted by Crippen LogP contribution is 2.20. The maximum atomic E-state index is 10.7. The van der Waals surface area contributed by atoms with Crippen LogP contribution >= 0.6 is 0 Å². The fourth-order valence-corrected chi connectivity index (χ4v) is 3.84. The van der Waals surface area contributed by atoms with Gasteiger partial charge in [0.25, 0.3) is 0 Å². The monoisotopic (exact) mass is 1110 g/mol. The smallest absolute Gasteiger partial charge is 0.480 e. The summed E-state index contributed by atoms with van der Waals surface area (Å²) in [5, 5.41) is 50.2. The Hall–Kier alpha value is -3.10. The zero-order valence-corrected chi connectivity index (χ0v) is 45.4. The van der Waals surface area contributed by atoms with Crippen molar-refractivity contribution < 1.29 is 113 Å². The molecule has 0 heterocycles. The molecular weight excluding hydrogens is 1020 g/mol. The summed E-state index contributed by atoms with van der Waals surface area (Å²) in [7, 11) is 11.1. The molecule has 0 amide bonds. The summed E-state index contributed by atoms with van der Waals surface area (Å²) >= 11 is 0. The number of nitrogens with zero attached hydrogens (tertiary/aromatic N) is 2.